The summed E-state index contributed by atoms with van der Waals surface area (Å²) >= 11 is 0. The summed E-state index contributed by atoms with van der Waals surface area (Å²) in [6, 6.07) is 16.4. The third-order valence-corrected chi connectivity index (χ3v) is 9.01. The van der Waals surface area contributed by atoms with Crippen LogP contribution in [-0.4, -0.2) is 99.3 Å². The summed E-state index contributed by atoms with van der Waals surface area (Å²) in [5.41, 5.74) is 8.56. The third kappa shape index (κ3) is 10.6. The van der Waals surface area contributed by atoms with Crippen molar-refractivity contribution >= 4 is 41.7 Å². The van der Waals surface area contributed by atoms with Crippen LogP contribution in [0.3, 0.4) is 0 Å². The fourth-order valence-electron chi connectivity index (χ4n) is 6.21. The predicted octanol–water partition coefficient (Wildman–Crippen LogP) is 4.61. The molecule has 19 heteroatoms. The second-order valence-electron chi connectivity index (χ2n) is 13.3. The summed E-state index contributed by atoms with van der Waals surface area (Å²) < 4.78 is 42.8. The lowest BCUT2D eigenvalue weighted by molar-refractivity contribution is -0.192. The van der Waals surface area contributed by atoms with Gasteiger partial charge in [0.1, 0.15) is 0 Å². The Morgan fingerprint density at radius 2 is 1.65 bits per heavy atom. The highest BCUT2D eigenvalue weighted by atomic mass is 19.4. The molecule has 1 aliphatic carbocycles. The topological polar surface area (TPSA) is 193 Å². The molecule has 7 rings (SSSR count). The number of carbonyl (C=O) groups is 1. The molecule has 1 atom stereocenters. The van der Waals surface area contributed by atoms with E-state index in [9.17, 15) is 13.2 Å². The minimum absolute atomic E-state index is 0.0272. The molecule has 1 saturated heterocycles. The first-order valence-corrected chi connectivity index (χ1v) is 18.2. The van der Waals surface area contributed by atoms with Gasteiger partial charge in [-0.2, -0.15) is 43.1 Å². The Kier molecular flexibility index (Phi) is 12.4. The number of nitrogens with two attached hydrogens (primary N) is 1. The fraction of sp³-hybridized carbons (Fsp3) is 0.472. The molecule has 3 aliphatic rings. The average molecular weight is 767 g/mol. The van der Waals surface area contributed by atoms with Gasteiger partial charge < -0.3 is 45.6 Å². The van der Waals surface area contributed by atoms with Crippen LogP contribution < -0.4 is 40.5 Å². The number of hydrogen-bond donors (Lipinski definition) is 4. The van der Waals surface area contributed by atoms with E-state index in [1.54, 1.807) is 0 Å². The number of rotatable bonds is 14. The van der Waals surface area contributed by atoms with Crippen molar-refractivity contribution in [1.82, 2.24) is 29.9 Å². The van der Waals surface area contributed by atoms with Crippen LogP contribution in [0, 0.1) is 5.92 Å². The largest absolute Gasteiger partial charge is 0.490 e. The van der Waals surface area contributed by atoms with Crippen molar-refractivity contribution < 1.29 is 32.5 Å². The smallest absolute Gasteiger partial charge is 0.475 e. The number of anilines is 6. The lowest BCUT2D eigenvalue weighted by atomic mass is 10.0. The molecule has 5 N–H and O–H groups in total. The molecule has 2 aromatic heterocycles. The van der Waals surface area contributed by atoms with Crippen LogP contribution in [0.2, 0.25) is 0 Å². The number of carboxylic acids is 1. The second kappa shape index (κ2) is 17.5. The molecule has 0 radical (unpaired) electrons. The van der Waals surface area contributed by atoms with Crippen LogP contribution in [0.25, 0.3) is 0 Å². The van der Waals surface area contributed by atoms with E-state index in [-0.39, 0.29) is 18.8 Å². The Morgan fingerprint density at radius 1 is 0.927 bits per heavy atom. The first-order valence-electron chi connectivity index (χ1n) is 18.2. The van der Waals surface area contributed by atoms with Crippen LogP contribution in [0.4, 0.5) is 48.9 Å². The first-order chi connectivity index (χ1) is 26.5. The van der Waals surface area contributed by atoms with E-state index < -0.39 is 12.1 Å². The summed E-state index contributed by atoms with van der Waals surface area (Å²) in [5.74, 6) is 2.62. The zero-order valence-corrected chi connectivity index (χ0v) is 30.7. The second-order valence-corrected chi connectivity index (χ2v) is 13.3. The van der Waals surface area contributed by atoms with Gasteiger partial charge in [-0.15, -0.1) is 0 Å². The summed E-state index contributed by atoms with van der Waals surface area (Å²) in [6.45, 7) is 9.51. The van der Waals surface area contributed by atoms with Crippen molar-refractivity contribution in [3.05, 3.63) is 59.7 Å². The molecule has 0 amide bonds. The van der Waals surface area contributed by atoms with Crippen LogP contribution in [0.15, 0.2) is 48.5 Å². The van der Waals surface area contributed by atoms with E-state index in [0.29, 0.717) is 68.4 Å². The lowest BCUT2D eigenvalue weighted by Gasteiger charge is -2.41. The standard InChI is InChI=1S/C34H44N12O2.C2HF3O2/c1-3-14-44(20-24-10-11-24)32-38-29(35)39-33(43-32)45-15-16-46(26(21-45)17-23-8-6-5-7-9-23)34-41-30(36-4-2)40-31(42-34)37-19-25-12-13-27-28(18-25)48-22-47-27;3-2(4,5)1(6)7/h5-9,12-13,18,24,26H,3-4,10-11,14-17,19-22H2,1-2H3,(H2,35,38,39,43)(H2,36,37,40,41,42);(H,6,7). The number of carboxylic acid groups (broad SMARTS) is 1. The van der Waals surface area contributed by atoms with Gasteiger partial charge in [-0.3, -0.25) is 0 Å². The highest BCUT2D eigenvalue weighted by Crippen LogP contribution is 2.33. The number of piperazine rings is 1. The maximum absolute atomic E-state index is 10.6. The number of aliphatic carboxylic acids is 1. The Labute approximate surface area is 316 Å². The minimum atomic E-state index is -5.08. The van der Waals surface area contributed by atoms with Crippen molar-refractivity contribution in [3.8, 4) is 11.5 Å². The number of hydrogen-bond acceptors (Lipinski definition) is 15. The van der Waals surface area contributed by atoms with Gasteiger partial charge in [-0.25, -0.2) is 4.79 Å². The molecule has 2 aromatic carbocycles. The zero-order chi connectivity index (χ0) is 39.0. The van der Waals surface area contributed by atoms with Crippen molar-refractivity contribution in [2.24, 2.45) is 5.92 Å². The Balaban J connectivity index is 0.000000672. The summed E-state index contributed by atoms with van der Waals surface area (Å²) in [6.07, 6.45) is -0.756. The molecular weight excluding hydrogens is 721 g/mol. The van der Waals surface area contributed by atoms with Crippen molar-refractivity contribution in [2.75, 3.05) is 77.1 Å². The lowest BCUT2D eigenvalue weighted by Crippen LogP contribution is -2.55. The fourth-order valence-corrected chi connectivity index (χ4v) is 6.21. The molecule has 0 spiro atoms. The molecule has 1 unspecified atom stereocenters. The molecule has 55 heavy (non-hydrogen) atoms. The van der Waals surface area contributed by atoms with Gasteiger partial charge in [0, 0.05) is 45.8 Å². The SMILES string of the molecule is CCCN(CC1CC1)c1nc(N)nc(N2CCN(c3nc(NCC)nc(NCc4ccc5c(c4)OCO5)n3)C(Cc3ccccc3)C2)n1.O=C(O)C(F)(F)F. The van der Waals surface area contributed by atoms with E-state index in [4.69, 9.17) is 40.1 Å². The maximum atomic E-state index is 10.6. The summed E-state index contributed by atoms with van der Waals surface area (Å²) in [7, 11) is 0. The van der Waals surface area contributed by atoms with Crippen molar-refractivity contribution in [2.45, 2.75) is 58.3 Å². The van der Waals surface area contributed by atoms with Crippen LogP contribution in [-0.2, 0) is 17.8 Å². The number of fused-ring (bicyclic) bond motifs is 1. The molecule has 2 aliphatic heterocycles. The van der Waals surface area contributed by atoms with Crippen molar-refractivity contribution in [1.29, 1.82) is 0 Å². The monoisotopic (exact) mass is 766 g/mol. The van der Waals surface area contributed by atoms with Gasteiger partial charge in [0.2, 0.25) is 42.5 Å². The number of nitrogen functional groups attached to an aromatic ring is 1. The van der Waals surface area contributed by atoms with Gasteiger partial charge in [0.15, 0.2) is 11.5 Å². The Morgan fingerprint density at radius 3 is 2.35 bits per heavy atom. The zero-order valence-electron chi connectivity index (χ0n) is 30.7. The van der Waals surface area contributed by atoms with Gasteiger partial charge in [-0.1, -0.05) is 43.3 Å². The van der Waals surface area contributed by atoms with E-state index in [0.717, 1.165) is 43.0 Å². The molecule has 1 saturated carbocycles. The maximum Gasteiger partial charge on any atom is 0.490 e. The van der Waals surface area contributed by atoms with Crippen molar-refractivity contribution in [3.63, 3.8) is 0 Å². The molecule has 4 heterocycles. The molecule has 16 nitrogen and oxygen atoms in total. The highest BCUT2D eigenvalue weighted by molar-refractivity contribution is 5.73. The number of nitrogens with zero attached hydrogens (tertiary/aromatic N) is 9. The van der Waals surface area contributed by atoms with Gasteiger partial charge in [0.25, 0.3) is 0 Å². The van der Waals surface area contributed by atoms with Gasteiger partial charge in [0.05, 0.1) is 6.04 Å². The van der Waals surface area contributed by atoms with Crippen LogP contribution in [0.5, 0.6) is 11.5 Å². The number of aromatic nitrogens is 6. The molecule has 294 valence electrons. The Bertz CT molecular complexity index is 1900. The average Bonchev–Trinajstić information content (AvgIpc) is 3.86. The Hall–Kier alpha value is -5.88. The predicted molar refractivity (Wildman–Crippen MR) is 201 cm³/mol. The molecular formula is C36H45F3N12O4. The number of nitrogens with one attached hydrogen (secondary N) is 2. The van der Waals surface area contributed by atoms with E-state index >= 15 is 0 Å². The number of alkyl halides is 3. The molecule has 0 bridgehead atoms. The minimum Gasteiger partial charge on any atom is -0.475 e. The van der Waals surface area contributed by atoms with E-state index in [1.807, 2.05) is 31.2 Å². The molecule has 2 fully saturated rings. The van der Waals surface area contributed by atoms with E-state index in [1.165, 1.54) is 18.4 Å². The van der Waals surface area contributed by atoms with Crippen LogP contribution >= 0.6 is 0 Å². The van der Waals surface area contributed by atoms with Crippen LogP contribution in [0.1, 0.15) is 44.2 Å². The number of halogens is 3. The highest BCUT2D eigenvalue weighted by Gasteiger charge is 2.38. The quantitative estimate of drug-likeness (QED) is 0.139. The number of benzene rings is 2. The number of ether oxygens (including phenoxy) is 2. The first kappa shape index (κ1) is 38.8. The van der Waals surface area contributed by atoms with Gasteiger partial charge in [-0.05, 0) is 61.8 Å². The summed E-state index contributed by atoms with van der Waals surface area (Å²) in [4.78, 5) is 44.3. The van der Waals surface area contributed by atoms with E-state index in [2.05, 4.69) is 71.5 Å². The molecule has 4 aromatic rings. The summed E-state index contributed by atoms with van der Waals surface area (Å²) in [5, 5.41) is 13.8. The van der Waals surface area contributed by atoms with Gasteiger partial charge >= 0.3 is 12.1 Å². The third-order valence-electron chi connectivity index (χ3n) is 9.01. The normalized spacial score (nSPS) is 16.3.